The molecule has 0 aliphatic heterocycles. The predicted molar refractivity (Wildman–Crippen MR) is 64.5 cm³/mol. The molecule has 0 aliphatic rings. The number of hydrogen-bond donors (Lipinski definition) is 0. The Hall–Kier alpha value is -2.22. The van der Waals surface area contributed by atoms with Crippen molar-refractivity contribution in [3.8, 4) is 17.6 Å². The van der Waals surface area contributed by atoms with Gasteiger partial charge in [0.05, 0.1) is 32.5 Å². The Balaban J connectivity index is 2.51. The first-order valence-corrected chi connectivity index (χ1v) is 5.48. The minimum Gasteiger partial charge on any atom is -0.497 e. The maximum atomic E-state index is 10.9. The molecule has 0 spiro atoms. The average Bonchev–Trinajstić information content (AvgIpc) is 2.42. The first-order chi connectivity index (χ1) is 8.69. The predicted octanol–water partition coefficient (Wildman–Crippen LogP) is 1.90. The molecule has 1 rings (SSSR count). The van der Waals surface area contributed by atoms with E-state index in [1.165, 1.54) is 14.2 Å². The van der Waals surface area contributed by atoms with Gasteiger partial charge in [0.1, 0.15) is 11.5 Å². The maximum absolute atomic E-state index is 10.9. The van der Waals surface area contributed by atoms with Crippen molar-refractivity contribution in [1.82, 2.24) is 0 Å². The van der Waals surface area contributed by atoms with Gasteiger partial charge in [0.25, 0.3) is 0 Å². The zero-order valence-electron chi connectivity index (χ0n) is 10.4. The van der Waals surface area contributed by atoms with Crippen LogP contribution in [-0.4, -0.2) is 26.8 Å². The summed E-state index contributed by atoms with van der Waals surface area (Å²) in [5, 5.41) is 8.84. The molecule has 1 aromatic carbocycles. The third kappa shape index (κ3) is 4.34. The number of nitriles is 1. The molecular weight excluding hydrogens is 234 g/mol. The molecule has 0 radical (unpaired) electrons. The highest BCUT2D eigenvalue weighted by atomic mass is 16.5. The molecule has 5 heteroatoms. The highest BCUT2D eigenvalue weighted by Crippen LogP contribution is 2.22. The third-order valence-electron chi connectivity index (χ3n) is 2.27. The topological polar surface area (TPSA) is 68.5 Å². The monoisotopic (exact) mass is 249 g/mol. The normalized spacial score (nSPS) is 9.39. The number of carbonyl (C=O) groups excluding carboxylic acids is 1. The number of methoxy groups -OCH3 is 2. The van der Waals surface area contributed by atoms with Crippen LogP contribution < -0.4 is 9.47 Å². The second-order valence-corrected chi connectivity index (χ2v) is 3.54. The van der Waals surface area contributed by atoms with E-state index in [4.69, 9.17) is 14.7 Å². The molecule has 18 heavy (non-hydrogen) atoms. The first-order valence-electron chi connectivity index (χ1n) is 5.48. The molecule has 0 bridgehead atoms. The van der Waals surface area contributed by atoms with Gasteiger partial charge in [-0.25, -0.2) is 0 Å². The zero-order chi connectivity index (χ0) is 13.4. The van der Waals surface area contributed by atoms with Gasteiger partial charge in [-0.15, -0.1) is 0 Å². The van der Waals surface area contributed by atoms with Crippen LogP contribution in [0.1, 0.15) is 18.4 Å². The zero-order valence-corrected chi connectivity index (χ0v) is 10.4. The third-order valence-corrected chi connectivity index (χ3v) is 2.27. The quantitative estimate of drug-likeness (QED) is 0.569. The molecule has 0 heterocycles. The molecular formula is C13H15NO4. The van der Waals surface area contributed by atoms with Gasteiger partial charge in [-0.05, 0) is 18.6 Å². The smallest absolute Gasteiger partial charge is 0.305 e. The van der Waals surface area contributed by atoms with Crippen molar-refractivity contribution in [3.63, 3.8) is 0 Å². The molecule has 0 amide bonds. The van der Waals surface area contributed by atoms with Gasteiger partial charge in [0.2, 0.25) is 0 Å². The Morgan fingerprint density at radius 1 is 1.28 bits per heavy atom. The van der Waals surface area contributed by atoms with Gasteiger partial charge in [0, 0.05) is 12.5 Å². The first kappa shape index (κ1) is 13.8. The van der Waals surface area contributed by atoms with Crippen LogP contribution in [0.4, 0.5) is 0 Å². The summed E-state index contributed by atoms with van der Waals surface area (Å²) in [5.41, 5.74) is 0.470. The fourth-order valence-corrected chi connectivity index (χ4v) is 1.35. The minimum atomic E-state index is -0.262. The lowest BCUT2D eigenvalue weighted by atomic mass is 10.2. The van der Waals surface area contributed by atoms with Gasteiger partial charge >= 0.3 is 5.97 Å². The molecule has 5 nitrogen and oxygen atoms in total. The summed E-state index contributed by atoms with van der Waals surface area (Å²) >= 11 is 0. The molecule has 0 fully saturated rings. The summed E-state index contributed by atoms with van der Waals surface area (Å²) in [6.07, 6.45) is 0.872. The average molecular weight is 249 g/mol. The minimum absolute atomic E-state index is 0.262. The van der Waals surface area contributed by atoms with E-state index >= 15 is 0 Å². The molecule has 0 aromatic heterocycles. The van der Waals surface area contributed by atoms with Crippen LogP contribution in [0.5, 0.6) is 11.5 Å². The molecule has 0 saturated heterocycles. The van der Waals surface area contributed by atoms with Crippen LogP contribution in [-0.2, 0) is 9.53 Å². The fourth-order valence-electron chi connectivity index (χ4n) is 1.35. The number of rotatable bonds is 6. The Morgan fingerprint density at radius 3 is 2.61 bits per heavy atom. The number of ether oxygens (including phenoxy) is 3. The van der Waals surface area contributed by atoms with Crippen molar-refractivity contribution >= 4 is 5.97 Å². The van der Waals surface area contributed by atoms with Crippen LogP contribution in [0.25, 0.3) is 0 Å². The number of nitrogens with zero attached hydrogens (tertiary/aromatic N) is 1. The van der Waals surface area contributed by atoms with E-state index in [0.29, 0.717) is 36.5 Å². The van der Waals surface area contributed by atoms with E-state index in [9.17, 15) is 4.79 Å². The summed E-state index contributed by atoms with van der Waals surface area (Å²) in [5.74, 6) is 0.856. The van der Waals surface area contributed by atoms with Crippen molar-refractivity contribution in [2.45, 2.75) is 12.8 Å². The maximum Gasteiger partial charge on any atom is 0.305 e. The van der Waals surface area contributed by atoms with E-state index in [1.807, 2.05) is 6.07 Å². The van der Waals surface area contributed by atoms with Crippen LogP contribution in [0.15, 0.2) is 18.2 Å². The molecule has 0 aliphatic carbocycles. The van der Waals surface area contributed by atoms with Gasteiger partial charge in [0.15, 0.2) is 0 Å². The molecule has 96 valence electrons. The standard InChI is InChI=1S/C13H15NO4/c1-16-11-6-10(9-14)7-12(8-11)18-5-3-4-13(15)17-2/h6-8H,3-5H2,1-2H3. The molecule has 0 atom stereocenters. The van der Waals surface area contributed by atoms with E-state index in [-0.39, 0.29) is 5.97 Å². The summed E-state index contributed by atoms with van der Waals surface area (Å²) in [6, 6.07) is 6.97. The van der Waals surface area contributed by atoms with E-state index in [0.717, 1.165) is 0 Å². The Kier molecular flexibility index (Phi) is 5.52. The number of benzene rings is 1. The van der Waals surface area contributed by atoms with Crippen molar-refractivity contribution in [3.05, 3.63) is 23.8 Å². The van der Waals surface area contributed by atoms with Gasteiger partial charge in [-0.2, -0.15) is 5.26 Å². The highest BCUT2D eigenvalue weighted by Gasteiger charge is 2.03. The second kappa shape index (κ2) is 7.17. The summed E-state index contributed by atoms with van der Waals surface area (Å²) < 4.78 is 15.0. The van der Waals surface area contributed by atoms with Crippen LogP contribution in [0.3, 0.4) is 0 Å². The van der Waals surface area contributed by atoms with E-state index in [2.05, 4.69) is 4.74 Å². The lowest BCUT2D eigenvalue weighted by Crippen LogP contribution is -2.04. The van der Waals surface area contributed by atoms with Crippen LogP contribution in [0, 0.1) is 11.3 Å². The van der Waals surface area contributed by atoms with Gasteiger partial charge in [-0.1, -0.05) is 0 Å². The number of carbonyl (C=O) groups is 1. The second-order valence-electron chi connectivity index (χ2n) is 3.54. The Labute approximate surface area is 106 Å². The van der Waals surface area contributed by atoms with Gasteiger partial charge in [-0.3, -0.25) is 4.79 Å². The summed E-state index contributed by atoms with van der Waals surface area (Å²) in [4.78, 5) is 10.9. The van der Waals surface area contributed by atoms with Crippen LogP contribution in [0.2, 0.25) is 0 Å². The Bertz CT molecular complexity index is 451. The molecule has 0 N–H and O–H groups in total. The molecule has 0 saturated carbocycles. The summed E-state index contributed by atoms with van der Waals surface area (Å²) in [6.45, 7) is 0.382. The fraction of sp³-hybridized carbons (Fsp3) is 0.385. The largest absolute Gasteiger partial charge is 0.497 e. The lowest BCUT2D eigenvalue weighted by molar-refractivity contribution is -0.140. The SMILES string of the molecule is COC(=O)CCCOc1cc(C#N)cc(OC)c1. The molecule has 0 unspecified atom stereocenters. The Morgan fingerprint density at radius 2 is 2.00 bits per heavy atom. The van der Waals surface area contributed by atoms with E-state index in [1.54, 1.807) is 18.2 Å². The van der Waals surface area contributed by atoms with E-state index < -0.39 is 0 Å². The van der Waals surface area contributed by atoms with Gasteiger partial charge < -0.3 is 14.2 Å². The van der Waals surface area contributed by atoms with Crippen molar-refractivity contribution in [2.24, 2.45) is 0 Å². The van der Waals surface area contributed by atoms with Crippen molar-refractivity contribution < 1.29 is 19.0 Å². The lowest BCUT2D eigenvalue weighted by Gasteiger charge is -2.08. The highest BCUT2D eigenvalue weighted by molar-refractivity contribution is 5.69. The summed E-state index contributed by atoms with van der Waals surface area (Å²) in [7, 11) is 2.88. The van der Waals surface area contributed by atoms with Crippen molar-refractivity contribution in [2.75, 3.05) is 20.8 Å². The number of hydrogen-bond acceptors (Lipinski definition) is 5. The van der Waals surface area contributed by atoms with Crippen molar-refractivity contribution in [1.29, 1.82) is 5.26 Å². The number of esters is 1. The molecule has 1 aromatic rings. The van der Waals surface area contributed by atoms with Crippen LogP contribution >= 0.6 is 0 Å².